The van der Waals surface area contributed by atoms with E-state index >= 15 is 0 Å². The molecule has 160 valence electrons. The summed E-state index contributed by atoms with van der Waals surface area (Å²) < 4.78 is 11.8. The molecule has 0 unspecified atom stereocenters. The van der Waals surface area contributed by atoms with Gasteiger partial charge in [-0.3, -0.25) is 9.69 Å². The molecule has 8 heteroatoms. The maximum atomic E-state index is 13.2. The number of nitrogens with zero attached hydrogens (tertiary/aromatic N) is 2. The summed E-state index contributed by atoms with van der Waals surface area (Å²) in [7, 11) is 1.65. The van der Waals surface area contributed by atoms with Crippen LogP contribution in [0.1, 0.15) is 12.2 Å². The zero-order chi connectivity index (χ0) is 21.6. The number of methoxy groups -OCH3 is 1. The number of ether oxygens (including phenoxy) is 1. The van der Waals surface area contributed by atoms with Crippen LogP contribution in [-0.4, -0.2) is 30.0 Å². The van der Waals surface area contributed by atoms with Gasteiger partial charge < -0.3 is 9.15 Å². The SMILES string of the molecule is COc1ccc(SCCC(=O)N(Cc2ccco2)c2nc3c(SC)cccc3s2)cc1. The summed E-state index contributed by atoms with van der Waals surface area (Å²) in [5.41, 5.74) is 0.944. The average molecular weight is 471 g/mol. The van der Waals surface area contributed by atoms with Crippen LogP contribution in [0.5, 0.6) is 5.75 Å². The van der Waals surface area contributed by atoms with Crippen molar-refractivity contribution in [1.29, 1.82) is 0 Å². The molecule has 2 aromatic heterocycles. The molecular weight excluding hydrogens is 448 g/mol. The van der Waals surface area contributed by atoms with E-state index in [1.807, 2.05) is 54.8 Å². The standard InChI is InChI=1S/C23H22N2O3S3/c1-27-16-8-10-18(11-9-16)30-14-12-21(26)25(15-17-5-4-13-28-17)23-24-22-19(29-2)6-3-7-20(22)31-23/h3-11,13H,12,14-15H2,1-2H3. The Balaban J connectivity index is 1.51. The lowest BCUT2D eigenvalue weighted by atomic mass is 10.3. The molecule has 0 fully saturated rings. The van der Waals surface area contributed by atoms with Gasteiger partial charge in [0.15, 0.2) is 5.13 Å². The third kappa shape index (κ3) is 5.26. The van der Waals surface area contributed by atoms with E-state index in [-0.39, 0.29) is 5.91 Å². The number of benzene rings is 2. The Kier molecular flexibility index (Phi) is 7.21. The predicted molar refractivity (Wildman–Crippen MR) is 130 cm³/mol. The van der Waals surface area contributed by atoms with Gasteiger partial charge in [-0.2, -0.15) is 0 Å². The summed E-state index contributed by atoms with van der Waals surface area (Å²) in [5.74, 6) is 2.27. The molecule has 1 amide bonds. The second-order valence-corrected chi connectivity index (χ2v) is 9.66. The van der Waals surface area contributed by atoms with Gasteiger partial charge in [0.25, 0.3) is 0 Å². The van der Waals surface area contributed by atoms with Gasteiger partial charge in [-0.05, 0) is 54.8 Å². The fourth-order valence-electron chi connectivity index (χ4n) is 3.08. The Labute approximate surface area is 193 Å². The van der Waals surface area contributed by atoms with Crippen LogP contribution in [0.2, 0.25) is 0 Å². The van der Waals surface area contributed by atoms with Gasteiger partial charge in [0.2, 0.25) is 5.91 Å². The van der Waals surface area contributed by atoms with Crippen LogP contribution in [0, 0.1) is 0 Å². The van der Waals surface area contributed by atoms with Gasteiger partial charge in [0.05, 0.1) is 30.1 Å². The van der Waals surface area contributed by atoms with Gasteiger partial charge >= 0.3 is 0 Å². The Bertz CT molecular complexity index is 1140. The van der Waals surface area contributed by atoms with Crippen molar-refractivity contribution in [3.63, 3.8) is 0 Å². The fourth-order valence-corrected chi connectivity index (χ4v) is 5.55. The summed E-state index contributed by atoms with van der Waals surface area (Å²) in [6.45, 7) is 0.369. The van der Waals surface area contributed by atoms with Crippen LogP contribution in [0.4, 0.5) is 5.13 Å². The number of anilines is 1. The summed E-state index contributed by atoms with van der Waals surface area (Å²) in [4.78, 5) is 22.0. The van der Waals surface area contributed by atoms with Crippen LogP contribution < -0.4 is 9.64 Å². The predicted octanol–water partition coefficient (Wildman–Crippen LogP) is 6.34. The second-order valence-electron chi connectivity index (χ2n) is 6.64. The number of rotatable bonds is 9. The number of aromatic nitrogens is 1. The maximum absolute atomic E-state index is 13.2. The Hall–Kier alpha value is -2.42. The summed E-state index contributed by atoms with van der Waals surface area (Å²) >= 11 is 4.85. The Morgan fingerprint density at radius 1 is 1.16 bits per heavy atom. The van der Waals surface area contributed by atoms with Crippen LogP contribution in [0.3, 0.4) is 0 Å². The summed E-state index contributed by atoms with van der Waals surface area (Å²) in [6.07, 6.45) is 4.07. The van der Waals surface area contributed by atoms with Crippen molar-refractivity contribution in [3.05, 3.63) is 66.6 Å². The molecule has 0 aliphatic carbocycles. The molecule has 0 aliphatic rings. The van der Waals surface area contributed by atoms with Crippen molar-refractivity contribution in [2.75, 3.05) is 24.0 Å². The molecule has 0 bridgehead atoms. The number of amides is 1. The highest BCUT2D eigenvalue weighted by molar-refractivity contribution is 7.99. The van der Waals surface area contributed by atoms with E-state index < -0.39 is 0 Å². The first-order valence-electron chi connectivity index (χ1n) is 9.71. The molecule has 4 rings (SSSR count). The number of carbonyl (C=O) groups excluding carboxylic acids is 1. The quantitative estimate of drug-likeness (QED) is 0.266. The van der Waals surface area contributed by atoms with E-state index in [0.717, 1.165) is 31.5 Å². The zero-order valence-electron chi connectivity index (χ0n) is 17.2. The number of fused-ring (bicyclic) bond motifs is 1. The van der Waals surface area contributed by atoms with E-state index in [0.29, 0.717) is 23.8 Å². The smallest absolute Gasteiger partial charge is 0.230 e. The van der Waals surface area contributed by atoms with Crippen molar-refractivity contribution in [3.8, 4) is 5.75 Å². The van der Waals surface area contributed by atoms with Gasteiger partial charge in [-0.1, -0.05) is 17.4 Å². The van der Waals surface area contributed by atoms with E-state index in [2.05, 4.69) is 6.07 Å². The topological polar surface area (TPSA) is 55.6 Å². The number of furan rings is 1. The first kappa shape index (κ1) is 21.8. The minimum absolute atomic E-state index is 0.0298. The van der Waals surface area contributed by atoms with Gasteiger partial charge in [-0.25, -0.2) is 4.98 Å². The van der Waals surface area contributed by atoms with Gasteiger partial charge in [0.1, 0.15) is 11.5 Å². The van der Waals surface area contributed by atoms with Gasteiger partial charge in [0, 0.05) is 22.0 Å². The molecule has 0 saturated heterocycles. The molecule has 31 heavy (non-hydrogen) atoms. The lowest BCUT2D eigenvalue weighted by Gasteiger charge is -2.18. The first-order valence-corrected chi connectivity index (χ1v) is 12.7. The number of thiazole rings is 1. The third-order valence-electron chi connectivity index (χ3n) is 4.66. The highest BCUT2D eigenvalue weighted by atomic mass is 32.2. The highest BCUT2D eigenvalue weighted by Gasteiger charge is 2.22. The van der Waals surface area contributed by atoms with Crippen LogP contribution in [0.25, 0.3) is 10.2 Å². The lowest BCUT2D eigenvalue weighted by Crippen LogP contribution is -2.30. The molecule has 0 radical (unpaired) electrons. The van der Waals surface area contributed by atoms with E-state index in [1.54, 1.807) is 41.8 Å². The largest absolute Gasteiger partial charge is 0.497 e. The normalized spacial score (nSPS) is 11.0. The van der Waals surface area contributed by atoms with Crippen molar-refractivity contribution >= 4 is 56.1 Å². The highest BCUT2D eigenvalue weighted by Crippen LogP contribution is 2.35. The zero-order valence-corrected chi connectivity index (χ0v) is 19.7. The molecule has 5 nitrogen and oxygen atoms in total. The monoisotopic (exact) mass is 470 g/mol. The average Bonchev–Trinajstić information content (AvgIpc) is 3.47. The summed E-state index contributed by atoms with van der Waals surface area (Å²) in [6, 6.07) is 17.7. The molecule has 0 aliphatic heterocycles. The first-order chi connectivity index (χ1) is 15.2. The Morgan fingerprint density at radius 2 is 2.00 bits per heavy atom. The van der Waals surface area contributed by atoms with E-state index in [1.165, 1.54) is 11.3 Å². The van der Waals surface area contributed by atoms with Crippen molar-refractivity contribution in [2.24, 2.45) is 0 Å². The number of para-hydroxylation sites is 1. The van der Waals surface area contributed by atoms with E-state index in [4.69, 9.17) is 14.1 Å². The van der Waals surface area contributed by atoms with Crippen molar-refractivity contribution in [2.45, 2.75) is 22.8 Å². The fraction of sp³-hybridized carbons (Fsp3) is 0.217. The van der Waals surface area contributed by atoms with Crippen molar-refractivity contribution < 1.29 is 13.9 Å². The van der Waals surface area contributed by atoms with Crippen LogP contribution in [-0.2, 0) is 11.3 Å². The number of hydrogen-bond acceptors (Lipinski definition) is 7. The Morgan fingerprint density at radius 3 is 2.71 bits per heavy atom. The molecular formula is C23H22N2O3S3. The molecule has 2 heterocycles. The molecule has 0 atom stereocenters. The van der Waals surface area contributed by atoms with E-state index in [9.17, 15) is 4.79 Å². The molecule has 0 saturated carbocycles. The third-order valence-corrected chi connectivity index (χ3v) is 7.49. The number of carbonyl (C=O) groups is 1. The summed E-state index contributed by atoms with van der Waals surface area (Å²) in [5, 5.41) is 0.701. The van der Waals surface area contributed by atoms with Gasteiger partial charge in [-0.15, -0.1) is 23.5 Å². The van der Waals surface area contributed by atoms with Crippen molar-refractivity contribution in [1.82, 2.24) is 4.98 Å². The molecule has 4 aromatic rings. The second kappa shape index (κ2) is 10.3. The molecule has 2 aromatic carbocycles. The lowest BCUT2D eigenvalue weighted by molar-refractivity contribution is -0.118. The van der Waals surface area contributed by atoms with Crippen LogP contribution >= 0.6 is 34.9 Å². The number of hydrogen-bond donors (Lipinski definition) is 0. The molecule has 0 N–H and O–H groups in total. The van der Waals surface area contributed by atoms with Crippen LogP contribution in [0.15, 0.2) is 75.1 Å². The minimum Gasteiger partial charge on any atom is -0.497 e. The maximum Gasteiger partial charge on any atom is 0.230 e. The molecule has 0 spiro atoms. The number of thioether (sulfide) groups is 2. The minimum atomic E-state index is 0.0298.